The summed E-state index contributed by atoms with van der Waals surface area (Å²) in [5.74, 6) is 1.53. The van der Waals surface area contributed by atoms with Gasteiger partial charge in [0.25, 0.3) is 5.91 Å². The van der Waals surface area contributed by atoms with E-state index in [1.807, 2.05) is 30.0 Å². The number of ether oxygens (including phenoxy) is 1. The Balaban J connectivity index is 1.53. The van der Waals surface area contributed by atoms with E-state index in [0.29, 0.717) is 11.5 Å². The molecule has 2 aromatic rings. The van der Waals surface area contributed by atoms with Crippen molar-refractivity contribution in [2.75, 3.05) is 39.8 Å². The van der Waals surface area contributed by atoms with E-state index in [1.165, 1.54) is 18.4 Å². The van der Waals surface area contributed by atoms with Crippen LogP contribution < -0.4 is 4.74 Å². The maximum absolute atomic E-state index is 12.9. The predicted molar refractivity (Wildman–Crippen MR) is 116 cm³/mol. The zero-order chi connectivity index (χ0) is 20.6. The fourth-order valence-electron chi connectivity index (χ4n) is 4.06. The molecule has 1 amide bonds. The Hall–Kier alpha value is -2.40. The van der Waals surface area contributed by atoms with E-state index < -0.39 is 0 Å². The summed E-state index contributed by atoms with van der Waals surface area (Å²) in [7, 11) is 1.71. The van der Waals surface area contributed by atoms with Crippen LogP contribution in [0.1, 0.15) is 41.4 Å². The molecule has 2 heterocycles. The number of carbonyl (C=O) groups excluding carboxylic acids is 1. The standard InChI is InChI=1S/C24H33N3O2/c1-4-27(24(28)22-11-10-19(2)25-16-22)18-21-8-6-13-26(17-21)14-12-20-7-5-9-23(15-20)29-3/h5,7,9-11,15-16,21H,4,6,8,12-14,17-18H2,1-3H3/t21-/m0/s1. The number of likely N-dealkylation sites (tertiary alicyclic amines) is 1. The lowest BCUT2D eigenvalue weighted by Crippen LogP contribution is -2.43. The highest BCUT2D eigenvalue weighted by Gasteiger charge is 2.24. The lowest BCUT2D eigenvalue weighted by atomic mass is 9.96. The fourth-order valence-corrected chi connectivity index (χ4v) is 4.06. The van der Waals surface area contributed by atoms with E-state index >= 15 is 0 Å². The maximum atomic E-state index is 12.9. The Morgan fingerprint density at radius 1 is 1.31 bits per heavy atom. The Morgan fingerprint density at radius 2 is 2.17 bits per heavy atom. The Kier molecular flexibility index (Phi) is 7.64. The Bertz CT molecular complexity index is 791. The summed E-state index contributed by atoms with van der Waals surface area (Å²) in [5.41, 5.74) is 2.93. The maximum Gasteiger partial charge on any atom is 0.255 e. The average molecular weight is 396 g/mol. The lowest BCUT2D eigenvalue weighted by molar-refractivity contribution is 0.0690. The van der Waals surface area contributed by atoms with Crippen molar-refractivity contribution in [3.8, 4) is 5.75 Å². The molecular weight excluding hydrogens is 362 g/mol. The van der Waals surface area contributed by atoms with Gasteiger partial charge in [0.05, 0.1) is 12.7 Å². The smallest absolute Gasteiger partial charge is 0.255 e. The van der Waals surface area contributed by atoms with Crippen LogP contribution in [0.2, 0.25) is 0 Å². The number of aromatic nitrogens is 1. The van der Waals surface area contributed by atoms with Gasteiger partial charge >= 0.3 is 0 Å². The molecule has 1 aliphatic heterocycles. The second-order valence-corrected chi connectivity index (χ2v) is 7.94. The number of hydrogen-bond acceptors (Lipinski definition) is 4. The number of pyridine rings is 1. The molecule has 5 heteroatoms. The molecule has 156 valence electrons. The van der Waals surface area contributed by atoms with Gasteiger partial charge in [-0.3, -0.25) is 9.78 Å². The molecule has 1 fully saturated rings. The zero-order valence-corrected chi connectivity index (χ0v) is 17.9. The normalized spacial score (nSPS) is 17.1. The quantitative estimate of drug-likeness (QED) is 0.682. The SMILES string of the molecule is CCN(C[C@H]1CCCN(CCc2cccc(OC)c2)C1)C(=O)c1ccc(C)nc1. The van der Waals surface area contributed by atoms with Gasteiger partial charge in [-0.15, -0.1) is 0 Å². The van der Waals surface area contributed by atoms with Gasteiger partial charge in [-0.1, -0.05) is 12.1 Å². The van der Waals surface area contributed by atoms with Crippen LogP contribution in [0, 0.1) is 12.8 Å². The predicted octanol–water partition coefficient (Wildman–Crippen LogP) is 3.82. The van der Waals surface area contributed by atoms with Crippen molar-refractivity contribution in [1.29, 1.82) is 0 Å². The summed E-state index contributed by atoms with van der Waals surface area (Å²) in [4.78, 5) is 21.7. The summed E-state index contributed by atoms with van der Waals surface area (Å²) in [5, 5.41) is 0. The van der Waals surface area contributed by atoms with Crippen molar-refractivity contribution in [3.05, 3.63) is 59.4 Å². The van der Waals surface area contributed by atoms with E-state index in [-0.39, 0.29) is 5.91 Å². The van der Waals surface area contributed by atoms with Gasteiger partial charge in [-0.25, -0.2) is 0 Å². The molecule has 1 saturated heterocycles. The Morgan fingerprint density at radius 3 is 2.90 bits per heavy atom. The molecule has 5 nitrogen and oxygen atoms in total. The van der Waals surface area contributed by atoms with Gasteiger partial charge in [-0.2, -0.15) is 0 Å². The van der Waals surface area contributed by atoms with Gasteiger partial charge in [0.1, 0.15) is 5.75 Å². The van der Waals surface area contributed by atoms with Gasteiger partial charge < -0.3 is 14.5 Å². The zero-order valence-electron chi connectivity index (χ0n) is 17.9. The van der Waals surface area contributed by atoms with Crippen molar-refractivity contribution in [2.45, 2.75) is 33.1 Å². The number of piperidine rings is 1. The molecule has 0 saturated carbocycles. The number of nitrogens with zero attached hydrogens (tertiary/aromatic N) is 3. The average Bonchev–Trinajstić information content (AvgIpc) is 2.76. The van der Waals surface area contributed by atoms with Crippen LogP contribution >= 0.6 is 0 Å². The molecule has 1 aromatic carbocycles. The van der Waals surface area contributed by atoms with E-state index in [9.17, 15) is 4.79 Å². The molecule has 0 bridgehead atoms. The van der Waals surface area contributed by atoms with Crippen LogP contribution in [0.4, 0.5) is 0 Å². The second-order valence-electron chi connectivity index (χ2n) is 7.94. The minimum Gasteiger partial charge on any atom is -0.497 e. The van der Waals surface area contributed by atoms with Crippen molar-refractivity contribution in [3.63, 3.8) is 0 Å². The van der Waals surface area contributed by atoms with E-state index in [2.05, 4.69) is 35.0 Å². The third-order valence-electron chi connectivity index (χ3n) is 5.76. The molecule has 1 aromatic heterocycles. The Labute approximate surface area is 174 Å². The minimum absolute atomic E-state index is 0.0912. The lowest BCUT2D eigenvalue weighted by Gasteiger charge is -2.35. The number of amides is 1. The number of benzene rings is 1. The highest BCUT2D eigenvalue weighted by atomic mass is 16.5. The van der Waals surface area contributed by atoms with Crippen LogP contribution in [0.25, 0.3) is 0 Å². The van der Waals surface area contributed by atoms with Crippen LogP contribution in [-0.4, -0.2) is 60.5 Å². The molecule has 0 N–H and O–H groups in total. The topological polar surface area (TPSA) is 45.7 Å². The number of carbonyl (C=O) groups is 1. The highest BCUT2D eigenvalue weighted by Crippen LogP contribution is 2.20. The first kappa shape index (κ1) is 21.3. The molecule has 0 radical (unpaired) electrons. The third kappa shape index (κ3) is 6.04. The van der Waals surface area contributed by atoms with Crippen LogP contribution in [0.15, 0.2) is 42.6 Å². The molecule has 1 aliphatic rings. The van der Waals surface area contributed by atoms with Crippen molar-refractivity contribution >= 4 is 5.91 Å². The van der Waals surface area contributed by atoms with Crippen molar-refractivity contribution in [2.24, 2.45) is 5.92 Å². The number of aryl methyl sites for hydroxylation is 1. The number of rotatable bonds is 8. The van der Waals surface area contributed by atoms with E-state index in [0.717, 1.165) is 50.6 Å². The summed E-state index contributed by atoms with van der Waals surface area (Å²) in [6, 6.07) is 12.1. The summed E-state index contributed by atoms with van der Waals surface area (Å²) >= 11 is 0. The first-order chi connectivity index (χ1) is 14.1. The summed E-state index contributed by atoms with van der Waals surface area (Å²) in [6.07, 6.45) is 5.10. The molecule has 0 spiro atoms. The van der Waals surface area contributed by atoms with Crippen LogP contribution in [0.5, 0.6) is 5.75 Å². The monoisotopic (exact) mass is 395 g/mol. The first-order valence-corrected chi connectivity index (χ1v) is 10.7. The first-order valence-electron chi connectivity index (χ1n) is 10.7. The largest absolute Gasteiger partial charge is 0.497 e. The van der Waals surface area contributed by atoms with Crippen LogP contribution in [0.3, 0.4) is 0 Å². The third-order valence-corrected chi connectivity index (χ3v) is 5.76. The fraction of sp³-hybridized carbons (Fsp3) is 0.500. The second kappa shape index (κ2) is 10.4. The van der Waals surface area contributed by atoms with Gasteiger partial charge in [0.15, 0.2) is 0 Å². The number of hydrogen-bond donors (Lipinski definition) is 0. The van der Waals surface area contributed by atoms with E-state index in [1.54, 1.807) is 13.3 Å². The number of methoxy groups -OCH3 is 1. The molecular formula is C24H33N3O2. The van der Waals surface area contributed by atoms with Crippen molar-refractivity contribution in [1.82, 2.24) is 14.8 Å². The van der Waals surface area contributed by atoms with E-state index in [4.69, 9.17) is 4.74 Å². The minimum atomic E-state index is 0.0912. The summed E-state index contributed by atoms with van der Waals surface area (Å²) < 4.78 is 5.33. The van der Waals surface area contributed by atoms with Gasteiger partial charge in [-0.05, 0) is 75.4 Å². The molecule has 1 atom stereocenters. The van der Waals surface area contributed by atoms with Crippen molar-refractivity contribution < 1.29 is 9.53 Å². The van der Waals surface area contributed by atoms with Crippen LogP contribution in [-0.2, 0) is 6.42 Å². The highest BCUT2D eigenvalue weighted by molar-refractivity contribution is 5.93. The molecule has 0 unspecified atom stereocenters. The summed E-state index contributed by atoms with van der Waals surface area (Å²) in [6.45, 7) is 8.79. The van der Waals surface area contributed by atoms with Gasteiger partial charge in [0, 0.05) is 38.1 Å². The molecule has 3 rings (SSSR count). The van der Waals surface area contributed by atoms with Gasteiger partial charge in [0.2, 0.25) is 0 Å². The molecule has 29 heavy (non-hydrogen) atoms. The molecule has 0 aliphatic carbocycles.